The molecule has 1 unspecified atom stereocenters. The Bertz CT molecular complexity index is 221. The Morgan fingerprint density at radius 2 is 1.75 bits per heavy atom. The molecule has 0 aliphatic rings. The van der Waals surface area contributed by atoms with Crippen molar-refractivity contribution < 1.29 is 0 Å². The van der Waals surface area contributed by atoms with Crippen molar-refractivity contribution in [3.05, 3.63) is 25.3 Å². The number of rotatable bonds is 9. The molecular weight excluding hydrogens is 279 g/mol. The van der Waals surface area contributed by atoms with Crippen molar-refractivity contribution in [2.24, 2.45) is 17.8 Å². The molecule has 0 aromatic rings. The van der Waals surface area contributed by atoms with Gasteiger partial charge >= 0.3 is 114 Å². The number of hydrogen-bond donors (Lipinski definition) is 0. The topological polar surface area (TPSA) is 0 Å². The fourth-order valence-corrected chi connectivity index (χ4v) is 4.30. The van der Waals surface area contributed by atoms with Gasteiger partial charge in [-0.1, -0.05) is 0 Å². The zero-order chi connectivity index (χ0) is 12.6. The summed E-state index contributed by atoms with van der Waals surface area (Å²) in [7, 11) is 0. The van der Waals surface area contributed by atoms with Crippen molar-refractivity contribution in [2.75, 3.05) is 5.75 Å². The van der Waals surface area contributed by atoms with Crippen molar-refractivity contribution in [3.8, 4) is 0 Å². The minimum atomic E-state index is 0.498. The van der Waals surface area contributed by atoms with E-state index in [-0.39, 0.29) is 0 Å². The first kappa shape index (κ1) is 16.2. The zero-order valence-electron chi connectivity index (χ0n) is 10.7. The van der Waals surface area contributed by atoms with Gasteiger partial charge in [0.2, 0.25) is 0 Å². The molecule has 3 atom stereocenters. The third kappa shape index (κ3) is 5.52. The van der Waals surface area contributed by atoms with Crippen molar-refractivity contribution in [1.82, 2.24) is 0 Å². The van der Waals surface area contributed by atoms with Gasteiger partial charge in [0.1, 0.15) is 0 Å². The Labute approximate surface area is 113 Å². The molecular formula is C14H24SSe. The van der Waals surface area contributed by atoms with Crippen LogP contribution in [0.5, 0.6) is 0 Å². The summed E-state index contributed by atoms with van der Waals surface area (Å²) >= 11 is 5.21. The van der Waals surface area contributed by atoms with E-state index in [0.717, 1.165) is 0 Å². The molecule has 0 heterocycles. The van der Waals surface area contributed by atoms with Gasteiger partial charge in [-0.2, -0.15) is 0 Å². The molecule has 0 N–H and O–H groups in total. The standard InChI is InChI=1S/C14H24SSe/c1-6-9-10-15-14(16)13(11(4)7-2)12(5)8-3/h7-8,11-13H,2-3,6,9-10H2,1,4-5H3/t11-,12+,13?. The van der Waals surface area contributed by atoms with Crippen LogP contribution in [0, 0.1) is 17.8 Å². The van der Waals surface area contributed by atoms with Gasteiger partial charge in [0.25, 0.3) is 0 Å². The Balaban J connectivity index is 4.44. The monoisotopic (exact) mass is 304 g/mol. The van der Waals surface area contributed by atoms with E-state index in [2.05, 4.69) is 49.5 Å². The van der Waals surface area contributed by atoms with E-state index < -0.39 is 0 Å². The van der Waals surface area contributed by atoms with E-state index in [4.69, 9.17) is 0 Å². The molecule has 0 aromatic heterocycles. The quantitative estimate of drug-likeness (QED) is 0.351. The third-order valence-electron chi connectivity index (χ3n) is 2.89. The van der Waals surface area contributed by atoms with Crippen LogP contribution in [0.1, 0.15) is 33.6 Å². The van der Waals surface area contributed by atoms with Crippen molar-refractivity contribution in [2.45, 2.75) is 33.6 Å². The van der Waals surface area contributed by atoms with E-state index in [9.17, 15) is 0 Å². The number of hydrogen-bond acceptors (Lipinski definition) is 1. The Kier molecular flexibility index (Phi) is 9.40. The van der Waals surface area contributed by atoms with E-state index in [0.29, 0.717) is 17.8 Å². The summed E-state index contributed by atoms with van der Waals surface area (Å²) < 4.78 is 1.41. The first-order valence-electron chi connectivity index (χ1n) is 6.00. The van der Waals surface area contributed by atoms with Crippen LogP contribution in [0.2, 0.25) is 0 Å². The maximum atomic E-state index is 3.91. The summed E-state index contributed by atoms with van der Waals surface area (Å²) in [6.45, 7) is 14.5. The first-order chi connectivity index (χ1) is 7.58. The summed E-state index contributed by atoms with van der Waals surface area (Å²) in [5, 5.41) is 0. The van der Waals surface area contributed by atoms with E-state index >= 15 is 0 Å². The normalized spacial score (nSPS) is 16.2. The number of thioether (sulfide) groups is 1. The first-order valence-corrected chi connectivity index (χ1v) is 7.84. The molecule has 0 rings (SSSR count). The molecule has 92 valence electrons. The maximum absolute atomic E-state index is 3.91. The molecule has 0 aromatic carbocycles. The van der Waals surface area contributed by atoms with Crippen LogP contribution >= 0.6 is 11.8 Å². The van der Waals surface area contributed by atoms with Gasteiger partial charge in [0, 0.05) is 0 Å². The Morgan fingerprint density at radius 1 is 1.25 bits per heavy atom. The van der Waals surface area contributed by atoms with E-state index in [1.54, 1.807) is 0 Å². The SMILES string of the molecule is C=C[C@@H](C)C(C(=[Se])SCCCC)[C@@H](C)C=C. The summed E-state index contributed by atoms with van der Waals surface area (Å²) in [5.74, 6) is 2.73. The fraction of sp³-hybridized carbons (Fsp3) is 0.643. The second-order valence-corrected chi connectivity index (χ2v) is 6.88. The summed E-state index contributed by atoms with van der Waals surface area (Å²) in [5.41, 5.74) is 0. The van der Waals surface area contributed by atoms with Crippen LogP contribution in [-0.4, -0.2) is 25.1 Å². The van der Waals surface area contributed by atoms with Crippen molar-refractivity contribution in [1.29, 1.82) is 0 Å². The Morgan fingerprint density at radius 3 is 2.12 bits per heavy atom. The minimum absolute atomic E-state index is 0.498. The molecule has 0 aliphatic heterocycles. The predicted octanol–water partition coefficient (Wildman–Crippen LogP) is 4.08. The van der Waals surface area contributed by atoms with Crippen LogP contribution in [0.15, 0.2) is 25.3 Å². The molecule has 0 saturated carbocycles. The molecule has 0 aliphatic carbocycles. The number of allylic oxidation sites excluding steroid dienone is 2. The van der Waals surface area contributed by atoms with Crippen molar-refractivity contribution >= 4 is 31.1 Å². The van der Waals surface area contributed by atoms with Gasteiger partial charge in [-0.05, 0) is 0 Å². The molecule has 0 saturated heterocycles. The summed E-state index contributed by atoms with van der Waals surface area (Å²) in [4.78, 5) is 0. The van der Waals surface area contributed by atoms with Gasteiger partial charge < -0.3 is 0 Å². The predicted molar refractivity (Wildman–Crippen MR) is 80.3 cm³/mol. The van der Waals surface area contributed by atoms with E-state index in [1.165, 1.54) is 22.3 Å². The van der Waals surface area contributed by atoms with Crippen LogP contribution in [-0.2, 0) is 0 Å². The number of unbranched alkanes of at least 4 members (excludes halogenated alkanes) is 1. The van der Waals surface area contributed by atoms with Crippen LogP contribution in [0.4, 0.5) is 0 Å². The second kappa shape index (κ2) is 9.27. The molecule has 0 nitrogen and oxygen atoms in total. The molecule has 0 amide bonds. The van der Waals surface area contributed by atoms with Crippen LogP contribution in [0.25, 0.3) is 0 Å². The molecule has 0 bridgehead atoms. The van der Waals surface area contributed by atoms with Gasteiger partial charge in [-0.25, -0.2) is 0 Å². The van der Waals surface area contributed by atoms with Gasteiger partial charge in [0.05, 0.1) is 0 Å². The van der Waals surface area contributed by atoms with Crippen LogP contribution in [0.3, 0.4) is 0 Å². The molecule has 0 radical (unpaired) electrons. The molecule has 0 spiro atoms. The van der Waals surface area contributed by atoms with Crippen molar-refractivity contribution in [3.63, 3.8) is 0 Å². The Hall–Kier alpha value is 0.219. The second-order valence-electron chi connectivity index (χ2n) is 4.24. The molecule has 0 fully saturated rings. The summed E-state index contributed by atoms with van der Waals surface area (Å²) in [6, 6.07) is 0. The van der Waals surface area contributed by atoms with Crippen LogP contribution < -0.4 is 0 Å². The third-order valence-corrected chi connectivity index (χ3v) is 5.25. The van der Waals surface area contributed by atoms with Gasteiger partial charge in [-0.3, -0.25) is 0 Å². The van der Waals surface area contributed by atoms with Gasteiger partial charge in [-0.15, -0.1) is 0 Å². The summed E-state index contributed by atoms with van der Waals surface area (Å²) in [6.07, 6.45) is 6.64. The van der Waals surface area contributed by atoms with Gasteiger partial charge in [0.15, 0.2) is 0 Å². The fourth-order valence-electron chi connectivity index (χ4n) is 1.61. The average Bonchev–Trinajstić information content (AvgIpc) is 2.29. The van der Waals surface area contributed by atoms with E-state index in [1.807, 2.05) is 23.9 Å². The zero-order valence-corrected chi connectivity index (χ0v) is 13.3. The molecule has 2 heteroatoms. The average molecular weight is 303 g/mol. The molecule has 16 heavy (non-hydrogen) atoms.